The minimum atomic E-state index is 0.0653. The maximum atomic E-state index is 10.7. The summed E-state index contributed by atoms with van der Waals surface area (Å²) in [5, 5.41) is 0. The minimum absolute atomic E-state index is 0.0653. The zero-order valence-corrected chi connectivity index (χ0v) is 7.70. The fourth-order valence-electron chi connectivity index (χ4n) is 1.63. The van der Waals surface area contributed by atoms with Gasteiger partial charge >= 0.3 is 0 Å². The van der Waals surface area contributed by atoms with E-state index in [1.165, 1.54) is 5.56 Å². The second kappa shape index (κ2) is 3.33. The maximum Gasteiger partial charge on any atom is 0.126 e. The molecule has 1 saturated carbocycles. The molecule has 13 heavy (non-hydrogen) atoms. The van der Waals surface area contributed by atoms with Crippen LogP contribution < -0.4 is 0 Å². The maximum absolute atomic E-state index is 10.7. The lowest BCUT2D eigenvalue weighted by Gasteiger charge is -2.05. The van der Waals surface area contributed by atoms with Crippen molar-refractivity contribution in [3.63, 3.8) is 0 Å². The van der Waals surface area contributed by atoms with Crippen LogP contribution in [0.4, 0.5) is 0 Å². The highest BCUT2D eigenvalue weighted by Gasteiger charge is 2.41. The topological polar surface area (TPSA) is 17.1 Å². The highest BCUT2D eigenvalue weighted by atomic mass is 16.1. The molecule has 2 rings (SSSR count). The predicted octanol–water partition coefficient (Wildman–Crippen LogP) is 2.60. The van der Waals surface area contributed by atoms with Crippen LogP contribution in [0.2, 0.25) is 0 Å². The summed E-state index contributed by atoms with van der Waals surface area (Å²) < 4.78 is 0. The van der Waals surface area contributed by atoms with E-state index in [1.54, 1.807) is 0 Å². The fraction of sp³-hybridized carbons (Fsp3) is 0.417. The molecule has 0 aliphatic heterocycles. The number of aldehydes is 1. The van der Waals surface area contributed by atoms with Crippen molar-refractivity contribution in [3.8, 4) is 0 Å². The molecule has 68 valence electrons. The Hall–Kier alpha value is -1.11. The Labute approximate surface area is 78.8 Å². The van der Waals surface area contributed by atoms with Crippen LogP contribution in [0, 0.1) is 5.41 Å². The first kappa shape index (κ1) is 8.49. The fourth-order valence-corrected chi connectivity index (χ4v) is 1.63. The molecule has 0 atom stereocenters. The summed E-state index contributed by atoms with van der Waals surface area (Å²) in [6, 6.07) is 10.4. The van der Waals surface area contributed by atoms with Gasteiger partial charge in [-0.15, -0.1) is 0 Å². The lowest BCUT2D eigenvalue weighted by Crippen LogP contribution is -2.03. The van der Waals surface area contributed by atoms with E-state index in [-0.39, 0.29) is 5.41 Å². The van der Waals surface area contributed by atoms with Crippen LogP contribution >= 0.6 is 0 Å². The van der Waals surface area contributed by atoms with Crippen molar-refractivity contribution >= 4 is 6.29 Å². The van der Waals surface area contributed by atoms with E-state index in [4.69, 9.17) is 0 Å². The standard InChI is InChI=1S/C12H14O/c13-10-12(8-9-12)7-6-11-4-2-1-3-5-11/h1-5,10H,6-9H2. The third-order valence-corrected chi connectivity index (χ3v) is 2.90. The van der Waals surface area contributed by atoms with Gasteiger partial charge < -0.3 is 4.79 Å². The van der Waals surface area contributed by atoms with Gasteiger partial charge in [-0.05, 0) is 31.2 Å². The van der Waals surface area contributed by atoms with Crippen molar-refractivity contribution in [3.05, 3.63) is 35.9 Å². The summed E-state index contributed by atoms with van der Waals surface area (Å²) in [5.74, 6) is 0. The zero-order valence-electron chi connectivity index (χ0n) is 7.70. The Morgan fingerprint density at radius 3 is 2.46 bits per heavy atom. The lowest BCUT2D eigenvalue weighted by molar-refractivity contribution is -0.112. The Bertz CT molecular complexity index is 285. The third kappa shape index (κ3) is 1.97. The smallest absolute Gasteiger partial charge is 0.126 e. The van der Waals surface area contributed by atoms with E-state index in [0.717, 1.165) is 32.0 Å². The summed E-state index contributed by atoms with van der Waals surface area (Å²) in [7, 11) is 0. The van der Waals surface area contributed by atoms with Crippen LogP contribution in [0.1, 0.15) is 24.8 Å². The molecular formula is C12H14O. The van der Waals surface area contributed by atoms with Gasteiger partial charge in [0, 0.05) is 5.41 Å². The van der Waals surface area contributed by atoms with E-state index >= 15 is 0 Å². The van der Waals surface area contributed by atoms with E-state index in [1.807, 2.05) is 6.07 Å². The summed E-state index contributed by atoms with van der Waals surface area (Å²) in [5.41, 5.74) is 1.41. The number of aryl methyl sites for hydroxylation is 1. The Balaban J connectivity index is 1.90. The number of hydrogen-bond acceptors (Lipinski definition) is 1. The highest BCUT2D eigenvalue weighted by Crippen LogP contribution is 2.47. The van der Waals surface area contributed by atoms with Gasteiger partial charge in [0.2, 0.25) is 0 Å². The first-order valence-corrected chi connectivity index (χ1v) is 4.85. The molecular weight excluding hydrogens is 160 g/mol. The molecule has 0 unspecified atom stereocenters. The highest BCUT2D eigenvalue weighted by molar-refractivity contribution is 5.63. The molecule has 0 spiro atoms. The van der Waals surface area contributed by atoms with Crippen LogP contribution in [0.5, 0.6) is 0 Å². The first-order valence-electron chi connectivity index (χ1n) is 4.85. The average molecular weight is 174 g/mol. The van der Waals surface area contributed by atoms with Gasteiger partial charge in [-0.25, -0.2) is 0 Å². The van der Waals surface area contributed by atoms with Crippen LogP contribution in [-0.2, 0) is 11.2 Å². The molecule has 1 aromatic carbocycles. The molecule has 0 N–H and O–H groups in total. The van der Waals surface area contributed by atoms with E-state index in [2.05, 4.69) is 24.3 Å². The molecule has 1 aromatic rings. The zero-order chi connectivity index (χ0) is 9.15. The predicted molar refractivity (Wildman–Crippen MR) is 52.5 cm³/mol. The number of benzene rings is 1. The molecule has 0 bridgehead atoms. The largest absolute Gasteiger partial charge is 0.303 e. The molecule has 0 heterocycles. The quantitative estimate of drug-likeness (QED) is 0.641. The minimum Gasteiger partial charge on any atom is -0.303 e. The number of rotatable bonds is 4. The van der Waals surface area contributed by atoms with E-state index < -0.39 is 0 Å². The molecule has 0 amide bonds. The van der Waals surface area contributed by atoms with Crippen LogP contribution in [-0.4, -0.2) is 6.29 Å². The number of hydrogen-bond donors (Lipinski definition) is 0. The van der Waals surface area contributed by atoms with Crippen LogP contribution in [0.3, 0.4) is 0 Å². The average Bonchev–Trinajstić information content (AvgIpc) is 2.97. The number of carbonyl (C=O) groups excluding carboxylic acids is 1. The summed E-state index contributed by atoms with van der Waals surface area (Å²) in [4.78, 5) is 10.7. The van der Waals surface area contributed by atoms with Gasteiger partial charge in [-0.3, -0.25) is 0 Å². The van der Waals surface area contributed by atoms with Crippen molar-refractivity contribution in [1.82, 2.24) is 0 Å². The van der Waals surface area contributed by atoms with Gasteiger partial charge in [0.15, 0.2) is 0 Å². The second-order valence-electron chi connectivity index (χ2n) is 3.97. The normalized spacial score (nSPS) is 18.2. The monoisotopic (exact) mass is 174 g/mol. The molecule has 1 aliphatic rings. The second-order valence-corrected chi connectivity index (χ2v) is 3.97. The van der Waals surface area contributed by atoms with Crippen molar-refractivity contribution in [2.24, 2.45) is 5.41 Å². The van der Waals surface area contributed by atoms with Gasteiger partial charge in [0.25, 0.3) is 0 Å². The molecule has 1 nitrogen and oxygen atoms in total. The van der Waals surface area contributed by atoms with Gasteiger partial charge in [0.1, 0.15) is 6.29 Å². The summed E-state index contributed by atoms with van der Waals surface area (Å²) in [6.45, 7) is 0. The van der Waals surface area contributed by atoms with Crippen LogP contribution in [0.25, 0.3) is 0 Å². The van der Waals surface area contributed by atoms with Crippen molar-refractivity contribution in [2.75, 3.05) is 0 Å². The van der Waals surface area contributed by atoms with Crippen molar-refractivity contribution in [2.45, 2.75) is 25.7 Å². The number of carbonyl (C=O) groups is 1. The SMILES string of the molecule is O=CC1(CCc2ccccc2)CC1. The van der Waals surface area contributed by atoms with Gasteiger partial charge in [-0.2, -0.15) is 0 Å². The molecule has 0 aromatic heterocycles. The van der Waals surface area contributed by atoms with Crippen molar-refractivity contribution < 1.29 is 4.79 Å². The molecule has 1 fully saturated rings. The lowest BCUT2D eigenvalue weighted by atomic mass is 9.98. The molecule has 0 radical (unpaired) electrons. The molecule has 1 aliphatic carbocycles. The Kier molecular flexibility index (Phi) is 2.17. The molecule has 1 heteroatoms. The Morgan fingerprint density at radius 2 is 1.92 bits per heavy atom. The van der Waals surface area contributed by atoms with E-state index in [0.29, 0.717) is 0 Å². The summed E-state index contributed by atoms with van der Waals surface area (Å²) in [6.07, 6.45) is 5.42. The first-order chi connectivity index (χ1) is 6.35. The molecule has 0 saturated heterocycles. The van der Waals surface area contributed by atoms with E-state index in [9.17, 15) is 4.79 Å². The van der Waals surface area contributed by atoms with Crippen molar-refractivity contribution in [1.29, 1.82) is 0 Å². The van der Waals surface area contributed by atoms with Crippen LogP contribution in [0.15, 0.2) is 30.3 Å². The Morgan fingerprint density at radius 1 is 1.23 bits per heavy atom. The van der Waals surface area contributed by atoms with Gasteiger partial charge in [0.05, 0.1) is 0 Å². The van der Waals surface area contributed by atoms with Gasteiger partial charge in [-0.1, -0.05) is 30.3 Å². The summed E-state index contributed by atoms with van der Waals surface area (Å²) >= 11 is 0. The third-order valence-electron chi connectivity index (χ3n) is 2.90.